The van der Waals surface area contributed by atoms with E-state index in [1.54, 1.807) is 26.8 Å². The number of carbonyl (C=O) groups excluding carboxylic acids is 4. The molecular weight excluding hydrogens is 551 g/mol. The average molecular weight is 601 g/mol. The third-order valence-corrected chi connectivity index (χ3v) is 9.80. The van der Waals surface area contributed by atoms with Crippen LogP contribution >= 0.6 is 0 Å². The van der Waals surface area contributed by atoms with Crippen LogP contribution < -0.4 is 5.73 Å². The number of halogens is 1. The Morgan fingerprint density at radius 3 is 2.26 bits per heavy atom. The molecule has 1 heterocycles. The van der Waals surface area contributed by atoms with Crippen LogP contribution in [0.25, 0.3) is 0 Å². The summed E-state index contributed by atoms with van der Waals surface area (Å²) in [6, 6.07) is 3.63. The maximum Gasteiger partial charge on any atom is 0.344 e. The number of carbonyl (C=O) groups is 4. The lowest BCUT2D eigenvalue weighted by Gasteiger charge is -2.36. The number of nitrogens with two attached hydrogens (primary N) is 1. The van der Waals surface area contributed by atoms with Gasteiger partial charge in [0.2, 0.25) is 12.7 Å². The summed E-state index contributed by atoms with van der Waals surface area (Å²) in [6.45, 7) is 7.01. The molecule has 2 N–H and O–H groups in total. The molecule has 0 bridgehead atoms. The molecule has 1 aromatic rings. The van der Waals surface area contributed by atoms with Crippen LogP contribution in [0.3, 0.4) is 0 Å². The molecule has 1 amide bonds. The second-order valence-corrected chi connectivity index (χ2v) is 14.0. The molecule has 0 spiro atoms. The van der Waals surface area contributed by atoms with E-state index in [1.165, 1.54) is 18.6 Å². The summed E-state index contributed by atoms with van der Waals surface area (Å²) in [4.78, 5) is 53.9. The maximum absolute atomic E-state index is 15.0. The number of nitrogens with zero attached hydrogens (tertiary/aromatic N) is 1. The molecule has 1 unspecified atom stereocenters. The molecule has 8 nitrogen and oxygen atoms in total. The molecule has 1 aliphatic heterocycles. The van der Waals surface area contributed by atoms with Gasteiger partial charge in [0, 0.05) is 24.9 Å². The van der Waals surface area contributed by atoms with Crippen LogP contribution in [0.1, 0.15) is 108 Å². The van der Waals surface area contributed by atoms with E-state index in [2.05, 4.69) is 0 Å². The fourth-order valence-electron chi connectivity index (χ4n) is 7.23. The van der Waals surface area contributed by atoms with E-state index < -0.39 is 36.0 Å². The van der Waals surface area contributed by atoms with Crippen LogP contribution in [0.5, 0.6) is 0 Å². The third-order valence-electron chi connectivity index (χ3n) is 9.80. The van der Waals surface area contributed by atoms with Gasteiger partial charge in [-0.25, -0.2) is 9.18 Å². The van der Waals surface area contributed by atoms with E-state index in [0.717, 1.165) is 57.8 Å². The molecule has 9 heteroatoms. The average Bonchev–Trinajstić information content (AvgIpc) is 3.42. The smallest absolute Gasteiger partial charge is 0.344 e. The number of esters is 2. The fraction of sp³-hybridized carbons (Fsp3) is 0.706. The number of Topliss-reactive ketones (excluding diaryl/α,β-unsaturated/α-hetero) is 1. The molecule has 0 radical (unpaired) electrons. The Morgan fingerprint density at radius 2 is 1.65 bits per heavy atom. The summed E-state index contributed by atoms with van der Waals surface area (Å²) in [5, 5.41) is 0. The Morgan fingerprint density at radius 1 is 0.977 bits per heavy atom. The summed E-state index contributed by atoms with van der Waals surface area (Å²) < 4.78 is 24.9. The molecule has 1 saturated heterocycles. The minimum atomic E-state index is -0.958. The number of ketones is 1. The second kappa shape index (κ2) is 14.3. The SMILES string of the molecule is CC(N)C1CCC(C(=O)N2CC[C@@H](C3CCCCC3)[C@H]2C(=O)Cc2ccc(C(=O)OCOC(=O)C(C)(C)C)c(F)c2)CC1. The van der Waals surface area contributed by atoms with Crippen molar-refractivity contribution < 1.29 is 33.0 Å². The number of rotatable bonds is 9. The van der Waals surface area contributed by atoms with Crippen LogP contribution in [-0.2, 0) is 30.3 Å². The monoisotopic (exact) mass is 600 g/mol. The highest BCUT2D eigenvalue weighted by Crippen LogP contribution is 2.41. The van der Waals surface area contributed by atoms with Gasteiger partial charge in [-0.2, -0.15) is 0 Å². The predicted octanol–water partition coefficient (Wildman–Crippen LogP) is 5.59. The standard InChI is InChI=1S/C34H49FN2O6/c1-21(36)23-11-13-25(14-12-23)31(39)37-17-16-26(24-8-6-5-7-9-24)30(37)29(38)19-22-10-15-27(28(35)18-22)32(40)42-20-43-33(41)34(2,3)4/h10,15,18,21,23-26,30H,5-9,11-14,16-17,19-20,36H2,1-4H3/t21?,23?,25?,26-,30-/m0/s1. The van der Waals surface area contributed by atoms with E-state index in [1.807, 2.05) is 11.8 Å². The van der Waals surface area contributed by atoms with E-state index in [4.69, 9.17) is 15.2 Å². The number of ether oxygens (including phenoxy) is 2. The maximum atomic E-state index is 15.0. The fourth-order valence-corrected chi connectivity index (χ4v) is 7.23. The van der Waals surface area contributed by atoms with Crippen molar-refractivity contribution in [3.63, 3.8) is 0 Å². The predicted molar refractivity (Wildman–Crippen MR) is 160 cm³/mol. The van der Waals surface area contributed by atoms with Crippen molar-refractivity contribution in [1.82, 2.24) is 4.90 Å². The number of hydrogen-bond donors (Lipinski definition) is 1. The second-order valence-electron chi connectivity index (χ2n) is 14.0. The molecule has 2 aliphatic carbocycles. The quantitative estimate of drug-likeness (QED) is 0.290. The first kappa shape index (κ1) is 33.1. The van der Waals surface area contributed by atoms with Gasteiger partial charge in [0.15, 0.2) is 5.78 Å². The van der Waals surface area contributed by atoms with Gasteiger partial charge in [-0.05, 0) is 95.2 Å². The van der Waals surface area contributed by atoms with E-state index in [9.17, 15) is 19.2 Å². The van der Waals surface area contributed by atoms with Crippen molar-refractivity contribution >= 4 is 23.6 Å². The van der Waals surface area contributed by atoms with Gasteiger partial charge < -0.3 is 20.1 Å². The summed E-state index contributed by atoms with van der Waals surface area (Å²) in [7, 11) is 0. The van der Waals surface area contributed by atoms with Gasteiger partial charge in [-0.3, -0.25) is 14.4 Å². The van der Waals surface area contributed by atoms with Crippen molar-refractivity contribution in [3.05, 3.63) is 35.1 Å². The Labute approximate surface area is 255 Å². The molecular formula is C34H49FN2O6. The normalized spacial score (nSPS) is 25.7. The summed E-state index contributed by atoms with van der Waals surface area (Å²) in [5.41, 5.74) is 5.50. The Hall–Kier alpha value is -2.81. The highest BCUT2D eigenvalue weighted by Gasteiger charge is 2.46. The largest absolute Gasteiger partial charge is 0.427 e. The minimum Gasteiger partial charge on any atom is -0.427 e. The highest BCUT2D eigenvalue weighted by molar-refractivity contribution is 5.93. The lowest BCUT2D eigenvalue weighted by molar-refractivity contribution is -0.161. The number of amides is 1. The van der Waals surface area contributed by atoms with E-state index in [0.29, 0.717) is 23.9 Å². The molecule has 43 heavy (non-hydrogen) atoms. The van der Waals surface area contributed by atoms with Crippen LogP contribution in [0.4, 0.5) is 4.39 Å². The molecule has 1 aromatic carbocycles. The molecule has 3 fully saturated rings. The number of hydrogen-bond acceptors (Lipinski definition) is 7. The Bertz CT molecular complexity index is 1160. The zero-order valence-corrected chi connectivity index (χ0v) is 26.2. The van der Waals surface area contributed by atoms with Crippen molar-refractivity contribution in [2.45, 2.75) is 110 Å². The Balaban J connectivity index is 1.44. The minimum absolute atomic E-state index is 0.0233. The summed E-state index contributed by atoms with van der Waals surface area (Å²) in [5.74, 6) is -1.43. The van der Waals surface area contributed by atoms with Gasteiger partial charge >= 0.3 is 11.9 Å². The van der Waals surface area contributed by atoms with Crippen LogP contribution in [0, 0.1) is 34.9 Å². The van der Waals surface area contributed by atoms with Crippen LogP contribution in [0.15, 0.2) is 18.2 Å². The van der Waals surface area contributed by atoms with E-state index >= 15 is 4.39 Å². The zero-order valence-electron chi connectivity index (χ0n) is 26.2. The van der Waals surface area contributed by atoms with Crippen molar-refractivity contribution in [2.24, 2.45) is 34.8 Å². The van der Waals surface area contributed by atoms with Crippen molar-refractivity contribution in [3.8, 4) is 0 Å². The summed E-state index contributed by atoms with van der Waals surface area (Å²) in [6.07, 6.45) is 9.92. The first-order valence-corrected chi connectivity index (χ1v) is 16.1. The Kier molecular flexibility index (Phi) is 11.0. The molecule has 3 atom stereocenters. The lowest BCUT2D eigenvalue weighted by atomic mass is 9.75. The van der Waals surface area contributed by atoms with Gasteiger partial charge in [-0.15, -0.1) is 0 Å². The third kappa shape index (κ3) is 8.22. The van der Waals surface area contributed by atoms with E-state index in [-0.39, 0.29) is 41.6 Å². The first-order valence-electron chi connectivity index (χ1n) is 16.1. The molecule has 3 aliphatic rings. The molecule has 0 aromatic heterocycles. The topological polar surface area (TPSA) is 116 Å². The highest BCUT2D eigenvalue weighted by atomic mass is 19.1. The summed E-state index contributed by atoms with van der Waals surface area (Å²) >= 11 is 0. The van der Waals surface area contributed by atoms with Crippen molar-refractivity contribution in [1.29, 1.82) is 0 Å². The number of benzene rings is 1. The first-order chi connectivity index (χ1) is 20.4. The van der Waals surface area contributed by atoms with Gasteiger partial charge in [0.1, 0.15) is 5.82 Å². The van der Waals surface area contributed by atoms with Crippen molar-refractivity contribution in [2.75, 3.05) is 13.3 Å². The molecule has 2 saturated carbocycles. The number of likely N-dealkylation sites (tertiary alicyclic amines) is 1. The molecule has 4 rings (SSSR count). The van der Waals surface area contributed by atoms with Crippen LogP contribution in [0.2, 0.25) is 0 Å². The van der Waals surface area contributed by atoms with Crippen LogP contribution in [-0.4, -0.2) is 54.0 Å². The van der Waals surface area contributed by atoms with Gasteiger partial charge in [0.05, 0.1) is 17.0 Å². The molecule has 238 valence electrons. The lowest BCUT2D eigenvalue weighted by Crippen LogP contribution is -2.48. The van der Waals surface area contributed by atoms with Gasteiger partial charge in [-0.1, -0.05) is 38.2 Å². The van der Waals surface area contributed by atoms with Gasteiger partial charge in [0.25, 0.3) is 0 Å². The zero-order chi connectivity index (χ0) is 31.3.